The van der Waals surface area contributed by atoms with Crippen LogP contribution in [0.15, 0.2) is 60.7 Å². The zero-order valence-electron chi connectivity index (χ0n) is 8.17. The second-order valence-electron chi connectivity index (χ2n) is 2.67. The van der Waals surface area contributed by atoms with Crippen molar-refractivity contribution in [2.24, 2.45) is 0 Å². The minimum atomic E-state index is 0. The fourth-order valence-electron chi connectivity index (χ4n) is 0.856. The maximum atomic E-state index is 8.63. The summed E-state index contributed by atoms with van der Waals surface area (Å²) in [6.45, 7) is 0. The molecule has 0 aliphatic carbocycles. The number of aromatic hydroxyl groups is 2. The summed E-state index contributed by atoms with van der Waals surface area (Å²) < 4.78 is 0. The number of para-hydroxylation sites is 2. The van der Waals surface area contributed by atoms with Gasteiger partial charge in [-0.2, -0.15) is 0 Å². The summed E-state index contributed by atoms with van der Waals surface area (Å²) in [4.78, 5) is 0. The quantitative estimate of drug-likeness (QED) is 0.673. The van der Waals surface area contributed by atoms with E-state index < -0.39 is 0 Å². The van der Waals surface area contributed by atoms with Gasteiger partial charge in [-0.15, -0.1) is 0 Å². The summed E-state index contributed by atoms with van der Waals surface area (Å²) in [5.41, 5.74) is 0. The summed E-state index contributed by atoms with van der Waals surface area (Å²) in [5, 5.41) is 17.3. The zero-order chi connectivity index (χ0) is 10.2. The van der Waals surface area contributed by atoms with Gasteiger partial charge in [-0.25, -0.2) is 0 Å². The van der Waals surface area contributed by atoms with Crippen molar-refractivity contribution in [2.45, 2.75) is 0 Å². The largest absolute Gasteiger partial charge is 0.508 e. The fraction of sp³-hybridized carbons (Fsp3) is 0. The monoisotopic (exact) mass is 396 g/mol. The Morgan fingerprint density at radius 2 is 0.800 bits per heavy atom. The van der Waals surface area contributed by atoms with Gasteiger partial charge in [0, 0.05) is 27.3 Å². The molecule has 76 valence electrons. The van der Waals surface area contributed by atoms with Gasteiger partial charge < -0.3 is 10.2 Å². The summed E-state index contributed by atoms with van der Waals surface area (Å²) in [7, 11) is 0. The Kier molecular flexibility index (Phi) is 7.71. The summed E-state index contributed by atoms with van der Waals surface area (Å²) >= 11 is 0. The van der Waals surface area contributed by atoms with E-state index in [2.05, 4.69) is 0 Å². The molecule has 0 aliphatic rings. The van der Waals surface area contributed by atoms with Crippen LogP contribution in [0.25, 0.3) is 0 Å². The second-order valence-corrected chi connectivity index (χ2v) is 2.67. The first kappa shape index (κ1) is 14.0. The molecule has 0 saturated carbocycles. The maximum Gasteiger partial charge on any atom is 0.115 e. The number of rotatable bonds is 0. The molecule has 0 atom stereocenters. The average Bonchev–Trinajstić information content (AvgIpc) is 2.21. The Morgan fingerprint density at radius 1 is 0.533 bits per heavy atom. The minimum absolute atomic E-state index is 0. The molecule has 0 spiro atoms. The number of phenols is 2. The van der Waals surface area contributed by atoms with Gasteiger partial charge in [-0.3, -0.25) is 0 Å². The van der Waals surface area contributed by atoms with Gasteiger partial charge in [-0.1, -0.05) is 36.4 Å². The van der Waals surface area contributed by atoms with Gasteiger partial charge in [0.1, 0.15) is 11.5 Å². The number of benzene rings is 2. The second kappa shape index (κ2) is 8.29. The minimum Gasteiger partial charge on any atom is -0.508 e. The van der Waals surface area contributed by atoms with E-state index in [1.165, 1.54) is 0 Å². The van der Waals surface area contributed by atoms with Crippen LogP contribution in [0.1, 0.15) is 0 Å². The Bertz CT molecular complexity index is 311. The molecule has 0 saturated heterocycles. The smallest absolute Gasteiger partial charge is 0.115 e. The van der Waals surface area contributed by atoms with E-state index in [-0.39, 0.29) is 27.3 Å². The van der Waals surface area contributed by atoms with Gasteiger partial charge >= 0.3 is 0 Å². The fourth-order valence-corrected chi connectivity index (χ4v) is 0.856. The van der Waals surface area contributed by atoms with Crippen LogP contribution in [0.3, 0.4) is 0 Å². The van der Waals surface area contributed by atoms with Gasteiger partial charge in [0.2, 0.25) is 0 Å². The predicted octanol–water partition coefficient (Wildman–Crippen LogP) is 2.40. The molecule has 2 aromatic rings. The van der Waals surface area contributed by atoms with Crippen molar-refractivity contribution in [3.8, 4) is 11.5 Å². The molecule has 2 nitrogen and oxygen atoms in total. The zero-order valence-corrected chi connectivity index (χ0v) is 12.1. The molecule has 15 heavy (non-hydrogen) atoms. The third kappa shape index (κ3) is 6.96. The Hall–Kier alpha value is -1.04. The summed E-state index contributed by atoms with van der Waals surface area (Å²) in [6, 6.07) is 17.4. The standard InChI is InChI=1S/2C6H6O.Pb/c2*7-6-4-2-1-3-5-6;/h2*1-5,7H;. The van der Waals surface area contributed by atoms with Crippen molar-refractivity contribution in [2.75, 3.05) is 0 Å². The van der Waals surface area contributed by atoms with E-state index in [9.17, 15) is 0 Å². The Balaban J connectivity index is 0.000000245. The number of hydrogen-bond acceptors (Lipinski definition) is 2. The van der Waals surface area contributed by atoms with E-state index in [0.29, 0.717) is 11.5 Å². The molecule has 4 radical (unpaired) electrons. The summed E-state index contributed by atoms with van der Waals surface area (Å²) in [5.74, 6) is 0.644. The topological polar surface area (TPSA) is 40.5 Å². The van der Waals surface area contributed by atoms with Crippen LogP contribution in [0.5, 0.6) is 11.5 Å². The Morgan fingerprint density at radius 3 is 0.933 bits per heavy atom. The maximum absolute atomic E-state index is 8.63. The van der Waals surface area contributed by atoms with E-state index >= 15 is 0 Å². The molecule has 2 rings (SSSR count). The van der Waals surface area contributed by atoms with Crippen molar-refractivity contribution in [1.29, 1.82) is 0 Å². The first-order valence-electron chi connectivity index (χ1n) is 4.27. The normalized spacial score (nSPS) is 8.00. The molecule has 0 unspecified atom stereocenters. The Labute approximate surface area is 109 Å². The van der Waals surface area contributed by atoms with E-state index in [0.717, 1.165) is 0 Å². The molecule has 3 heteroatoms. The van der Waals surface area contributed by atoms with Crippen LogP contribution >= 0.6 is 0 Å². The third-order valence-electron chi connectivity index (χ3n) is 1.51. The molecule has 2 N–H and O–H groups in total. The summed E-state index contributed by atoms with van der Waals surface area (Å²) in [6.07, 6.45) is 0. The van der Waals surface area contributed by atoms with Gasteiger partial charge in [0.15, 0.2) is 0 Å². The van der Waals surface area contributed by atoms with E-state index in [1.54, 1.807) is 48.5 Å². The van der Waals surface area contributed by atoms with Crippen LogP contribution in [-0.2, 0) is 0 Å². The predicted molar refractivity (Wildman–Crippen MR) is 62.0 cm³/mol. The molecule has 0 aromatic heterocycles. The van der Waals surface area contributed by atoms with Crippen molar-refractivity contribution in [3.63, 3.8) is 0 Å². The molecular formula is C12H12O2Pb. The molecule has 0 aliphatic heterocycles. The van der Waals surface area contributed by atoms with Gasteiger partial charge in [-0.05, 0) is 24.3 Å². The first-order valence-corrected chi connectivity index (χ1v) is 4.27. The first-order chi connectivity index (χ1) is 6.79. The van der Waals surface area contributed by atoms with Crippen LogP contribution < -0.4 is 0 Å². The van der Waals surface area contributed by atoms with Crippen molar-refractivity contribution in [1.82, 2.24) is 0 Å². The van der Waals surface area contributed by atoms with Crippen LogP contribution in [0.4, 0.5) is 0 Å². The van der Waals surface area contributed by atoms with E-state index in [1.807, 2.05) is 12.1 Å². The van der Waals surface area contributed by atoms with Crippen molar-refractivity contribution < 1.29 is 10.2 Å². The van der Waals surface area contributed by atoms with Crippen molar-refractivity contribution in [3.05, 3.63) is 60.7 Å². The molecule has 2 aromatic carbocycles. The van der Waals surface area contributed by atoms with E-state index in [4.69, 9.17) is 10.2 Å². The number of hydrogen-bond donors (Lipinski definition) is 2. The molecule has 0 heterocycles. The third-order valence-corrected chi connectivity index (χ3v) is 1.51. The van der Waals surface area contributed by atoms with Crippen LogP contribution in [0, 0.1) is 0 Å². The van der Waals surface area contributed by atoms with Gasteiger partial charge in [0.25, 0.3) is 0 Å². The molecule has 0 fully saturated rings. The average molecular weight is 395 g/mol. The van der Waals surface area contributed by atoms with Crippen LogP contribution in [-0.4, -0.2) is 37.5 Å². The molecule has 0 amide bonds. The molecular weight excluding hydrogens is 383 g/mol. The van der Waals surface area contributed by atoms with Crippen LogP contribution in [0.2, 0.25) is 0 Å². The number of phenolic OH excluding ortho intramolecular Hbond substituents is 2. The van der Waals surface area contributed by atoms with Gasteiger partial charge in [0.05, 0.1) is 0 Å². The molecule has 0 bridgehead atoms. The van der Waals surface area contributed by atoms with Crippen molar-refractivity contribution >= 4 is 27.3 Å². The SMILES string of the molecule is Oc1ccccc1.Oc1ccccc1.[Pb].